The molecule has 1 saturated carbocycles. The van der Waals surface area contributed by atoms with Gasteiger partial charge in [-0.2, -0.15) is 5.10 Å². The Hall–Kier alpha value is -1.92. The van der Waals surface area contributed by atoms with Crippen molar-refractivity contribution in [2.24, 2.45) is 11.0 Å². The fourth-order valence-corrected chi connectivity index (χ4v) is 4.76. The Morgan fingerprint density at radius 1 is 1.35 bits per heavy atom. The minimum atomic E-state index is -0.0341. The van der Waals surface area contributed by atoms with E-state index >= 15 is 0 Å². The molecular formula is C20H25N3O2S. The highest BCUT2D eigenvalue weighted by Gasteiger charge is 2.34. The summed E-state index contributed by atoms with van der Waals surface area (Å²) in [5.74, 6) is 1.41. The van der Waals surface area contributed by atoms with Gasteiger partial charge in [-0.3, -0.25) is 4.79 Å². The third kappa shape index (κ3) is 3.62. The maximum absolute atomic E-state index is 12.9. The number of nitrogens with zero attached hydrogens (tertiary/aromatic N) is 2. The monoisotopic (exact) mass is 371 g/mol. The molecule has 0 saturated heterocycles. The average molecular weight is 372 g/mol. The minimum absolute atomic E-state index is 0.0303. The van der Waals surface area contributed by atoms with Crippen LogP contribution in [0.15, 0.2) is 45.4 Å². The lowest BCUT2D eigenvalue weighted by molar-refractivity contribution is -0.132. The van der Waals surface area contributed by atoms with Crippen LogP contribution in [0, 0.1) is 5.92 Å². The molecule has 3 atom stereocenters. The lowest BCUT2D eigenvalue weighted by Gasteiger charge is -2.30. The minimum Gasteiger partial charge on any atom is -0.463 e. The second-order valence-electron chi connectivity index (χ2n) is 7.25. The molecule has 26 heavy (non-hydrogen) atoms. The molecule has 4 rings (SSSR count). The summed E-state index contributed by atoms with van der Waals surface area (Å²) in [5.41, 5.74) is 0.841. The molecule has 3 heterocycles. The van der Waals surface area contributed by atoms with E-state index in [1.54, 1.807) is 22.6 Å². The van der Waals surface area contributed by atoms with Gasteiger partial charge in [0.15, 0.2) is 0 Å². The van der Waals surface area contributed by atoms with Crippen molar-refractivity contribution in [1.29, 1.82) is 0 Å². The fraction of sp³-hybridized carbons (Fsp3) is 0.500. The molecule has 0 bridgehead atoms. The second kappa shape index (κ2) is 7.76. The molecule has 6 heteroatoms. The number of furan rings is 1. The van der Waals surface area contributed by atoms with Gasteiger partial charge in [0.25, 0.3) is 5.91 Å². The van der Waals surface area contributed by atoms with E-state index in [1.165, 1.54) is 19.3 Å². The lowest BCUT2D eigenvalue weighted by atomic mass is 9.86. The van der Waals surface area contributed by atoms with Crippen molar-refractivity contribution >= 4 is 23.0 Å². The predicted octanol–water partition coefficient (Wildman–Crippen LogP) is 4.19. The Balaban J connectivity index is 1.48. The Morgan fingerprint density at radius 3 is 2.96 bits per heavy atom. The van der Waals surface area contributed by atoms with Crippen molar-refractivity contribution in [3.8, 4) is 0 Å². The number of amides is 1. The summed E-state index contributed by atoms with van der Waals surface area (Å²) >= 11 is 1.67. The normalized spacial score (nSPS) is 26.1. The van der Waals surface area contributed by atoms with E-state index < -0.39 is 0 Å². The van der Waals surface area contributed by atoms with Crippen LogP contribution in [0.25, 0.3) is 0 Å². The Labute approximate surface area is 158 Å². The molecule has 1 aliphatic carbocycles. The molecule has 3 unspecified atom stereocenters. The van der Waals surface area contributed by atoms with Crippen molar-refractivity contribution in [3.05, 3.63) is 46.5 Å². The van der Waals surface area contributed by atoms with E-state index in [4.69, 9.17) is 4.42 Å². The van der Waals surface area contributed by atoms with E-state index in [2.05, 4.69) is 23.4 Å². The predicted molar refractivity (Wildman–Crippen MR) is 103 cm³/mol. The SMILES string of the molecule is CC1CCCCC1NCC(=O)N1N=C(c2ccco2)CC1c1cccs1. The number of hydrogen-bond acceptors (Lipinski definition) is 5. The van der Waals surface area contributed by atoms with Gasteiger partial charge in [-0.25, -0.2) is 5.01 Å². The van der Waals surface area contributed by atoms with Crippen LogP contribution in [0.1, 0.15) is 55.7 Å². The zero-order valence-corrected chi connectivity index (χ0v) is 15.9. The fourth-order valence-electron chi connectivity index (χ4n) is 3.95. The Morgan fingerprint density at radius 2 is 2.23 bits per heavy atom. The van der Waals surface area contributed by atoms with Crippen molar-refractivity contribution in [1.82, 2.24) is 10.3 Å². The highest BCUT2D eigenvalue weighted by Crippen LogP contribution is 2.35. The molecule has 2 aromatic rings. The molecule has 1 amide bonds. The summed E-state index contributed by atoms with van der Waals surface area (Å²) < 4.78 is 5.50. The van der Waals surface area contributed by atoms with E-state index in [9.17, 15) is 4.79 Å². The second-order valence-corrected chi connectivity index (χ2v) is 8.23. The van der Waals surface area contributed by atoms with Gasteiger partial charge in [-0.15, -0.1) is 11.3 Å². The quantitative estimate of drug-likeness (QED) is 0.857. The molecule has 0 radical (unpaired) electrons. The molecule has 138 valence electrons. The lowest BCUT2D eigenvalue weighted by Crippen LogP contribution is -2.43. The molecule has 1 N–H and O–H groups in total. The number of hydrogen-bond donors (Lipinski definition) is 1. The van der Waals surface area contributed by atoms with Crippen LogP contribution in [-0.2, 0) is 4.79 Å². The average Bonchev–Trinajstić information content (AvgIpc) is 3.41. The summed E-state index contributed by atoms with van der Waals surface area (Å²) in [7, 11) is 0. The number of carbonyl (C=O) groups excluding carboxylic acids is 1. The van der Waals surface area contributed by atoms with Gasteiger partial charge in [0.2, 0.25) is 0 Å². The summed E-state index contributed by atoms with van der Waals surface area (Å²) in [6.07, 6.45) is 7.29. The highest BCUT2D eigenvalue weighted by atomic mass is 32.1. The maximum Gasteiger partial charge on any atom is 0.257 e. The Kier molecular flexibility index (Phi) is 5.22. The van der Waals surface area contributed by atoms with Crippen LogP contribution in [0.4, 0.5) is 0 Å². The molecule has 1 aliphatic heterocycles. The summed E-state index contributed by atoms with van der Waals surface area (Å²) in [5, 5.41) is 11.8. The molecule has 0 spiro atoms. The molecule has 1 fully saturated rings. The van der Waals surface area contributed by atoms with Crippen LogP contribution in [-0.4, -0.2) is 29.2 Å². The molecule has 5 nitrogen and oxygen atoms in total. The smallest absolute Gasteiger partial charge is 0.257 e. The first kappa shape index (κ1) is 17.5. The first-order valence-corrected chi connectivity index (χ1v) is 10.3. The van der Waals surface area contributed by atoms with E-state index in [0.29, 0.717) is 24.9 Å². The van der Waals surface area contributed by atoms with Crippen molar-refractivity contribution in [2.45, 2.75) is 51.1 Å². The third-order valence-corrected chi connectivity index (χ3v) is 6.44. The summed E-state index contributed by atoms with van der Waals surface area (Å²) in [6.45, 7) is 2.62. The number of thiophene rings is 1. The zero-order valence-electron chi connectivity index (χ0n) is 15.1. The van der Waals surface area contributed by atoms with Crippen LogP contribution in [0.2, 0.25) is 0 Å². The number of carbonyl (C=O) groups is 1. The topological polar surface area (TPSA) is 57.8 Å². The van der Waals surface area contributed by atoms with Gasteiger partial charge < -0.3 is 9.73 Å². The van der Waals surface area contributed by atoms with Crippen molar-refractivity contribution in [2.75, 3.05) is 6.54 Å². The van der Waals surface area contributed by atoms with Crippen molar-refractivity contribution < 1.29 is 9.21 Å². The molecule has 2 aliphatic rings. The van der Waals surface area contributed by atoms with Crippen LogP contribution < -0.4 is 5.32 Å². The van der Waals surface area contributed by atoms with Crippen LogP contribution >= 0.6 is 11.3 Å². The van der Waals surface area contributed by atoms with Crippen molar-refractivity contribution in [3.63, 3.8) is 0 Å². The van der Waals surface area contributed by atoms with Gasteiger partial charge in [0.05, 0.1) is 18.8 Å². The maximum atomic E-state index is 12.9. The van der Waals surface area contributed by atoms with E-state index in [-0.39, 0.29) is 11.9 Å². The molecule has 2 aromatic heterocycles. The summed E-state index contributed by atoms with van der Waals surface area (Å²) in [4.78, 5) is 14.1. The Bertz CT molecular complexity index is 754. The largest absolute Gasteiger partial charge is 0.463 e. The zero-order chi connectivity index (χ0) is 17.9. The first-order valence-electron chi connectivity index (χ1n) is 9.42. The standard InChI is InChI=1S/C20H25N3O2S/c1-14-6-2-3-7-15(14)21-13-20(24)23-17(19-9-5-11-26-19)12-16(22-23)18-8-4-10-25-18/h4-5,8-11,14-15,17,21H,2-3,6-7,12-13H2,1H3. The van der Waals surface area contributed by atoms with Crippen LogP contribution in [0.5, 0.6) is 0 Å². The third-order valence-electron chi connectivity index (χ3n) is 5.47. The van der Waals surface area contributed by atoms with E-state index in [1.807, 2.05) is 23.6 Å². The van der Waals surface area contributed by atoms with Crippen LogP contribution in [0.3, 0.4) is 0 Å². The number of nitrogens with one attached hydrogen (secondary N) is 1. The molecule has 0 aromatic carbocycles. The summed E-state index contributed by atoms with van der Waals surface area (Å²) in [6, 6.07) is 8.26. The van der Waals surface area contributed by atoms with Gasteiger partial charge in [0.1, 0.15) is 11.5 Å². The van der Waals surface area contributed by atoms with Gasteiger partial charge >= 0.3 is 0 Å². The number of rotatable bonds is 5. The van der Waals surface area contributed by atoms with Gasteiger partial charge in [-0.1, -0.05) is 25.8 Å². The number of hydrazone groups is 1. The molecular weight excluding hydrogens is 346 g/mol. The first-order chi connectivity index (χ1) is 12.7. The van der Waals surface area contributed by atoms with Gasteiger partial charge in [-0.05, 0) is 42.3 Å². The highest BCUT2D eigenvalue weighted by molar-refractivity contribution is 7.10. The van der Waals surface area contributed by atoms with E-state index in [0.717, 1.165) is 22.8 Å². The van der Waals surface area contributed by atoms with Gasteiger partial charge in [0, 0.05) is 17.3 Å².